The average molecular weight is 433 g/mol. The maximum Gasteiger partial charge on any atom is 0.305 e. The summed E-state index contributed by atoms with van der Waals surface area (Å²) in [5, 5.41) is 0.945. The summed E-state index contributed by atoms with van der Waals surface area (Å²) < 4.78 is 9.70. The van der Waals surface area contributed by atoms with Crippen LogP contribution in [0.5, 0.6) is 5.75 Å². The van der Waals surface area contributed by atoms with Gasteiger partial charge in [0.1, 0.15) is 5.75 Å². The van der Waals surface area contributed by atoms with Crippen molar-refractivity contribution in [3.63, 3.8) is 0 Å². The summed E-state index contributed by atoms with van der Waals surface area (Å²) in [4.78, 5) is 37.7. The van der Waals surface area contributed by atoms with Gasteiger partial charge < -0.3 is 20.2 Å². The van der Waals surface area contributed by atoms with Crippen molar-refractivity contribution >= 4 is 45.3 Å². The van der Waals surface area contributed by atoms with Crippen molar-refractivity contribution in [3.8, 4) is 5.75 Å². The molecule has 0 fully saturated rings. The molecule has 3 rings (SSSR count). The highest BCUT2D eigenvalue weighted by Gasteiger charge is 2.16. The Morgan fingerprint density at radius 2 is 1.83 bits per heavy atom. The molecule has 0 bridgehead atoms. The van der Waals surface area contributed by atoms with Crippen LogP contribution in [0.1, 0.15) is 43.0 Å². The second-order valence-corrected chi connectivity index (χ2v) is 6.99. The number of methoxy groups -OCH3 is 2. The smallest absolute Gasteiger partial charge is 0.305 e. The summed E-state index contributed by atoms with van der Waals surface area (Å²) in [5.74, 6) is -0.230. The third kappa shape index (κ3) is 5.10. The minimum atomic E-state index is -0.637. The van der Waals surface area contributed by atoms with E-state index in [1.54, 1.807) is 18.2 Å². The predicted octanol–water partition coefficient (Wildman–Crippen LogP) is 4.18. The molecule has 0 aliphatic carbocycles. The zero-order valence-electron chi connectivity index (χ0n) is 17.2. The topological polar surface area (TPSA) is 111 Å². The van der Waals surface area contributed by atoms with E-state index >= 15 is 0 Å². The molecule has 1 amide bonds. The number of unbranched alkanes of at least 4 members (excludes halogenated alkanes) is 2. The molecule has 30 heavy (non-hydrogen) atoms. The van der Waals surface area contributed by atoms with Crippen molar-refractivity contribution in [3.05, 3.63) is 51.1 Å². The summed E-state index contributed by atoms with van der Waals surface area (Å²) >= 11 is 6.11. The number of hydrogen-bond acceptors (Lipinski definition) is 5. The summed E-state index contributed by atoms with van der Waals surface area (Å²) in [6, 6.07) is 8.09. The molecule has 0 saturated carbocycles. The lowest BCUT2D eigenvalue weighted by molar-refractivity contribution is -0.140. The van der Waals surface area contributed by atoms with Gasteiger partial charge in [-0.15, -0.1) is 0 Å². The Hall–Kier alpha value is -3.06. The van der Waals surface area contributed by atoms with Crippen LogP contribution < -0.4 is 15.9 Å². The molecular weight excluding hydrogens is 408 g/mol. The number of ether oxygens (including phenoxy) is 2. The van der Waals surface area contributed by atoms with E-state index in [1.807, 2.05) is 0 Å². The number of carbonyl (C=O) groups excluding carboxylic acids is 2. The largest absolute Gasteiger partial charge is 0.495 e. The molecule has 0 atom stereocenters. The number of amides is 1. The van der Waals surface area contributed by atoms with Crippen LogP contribution in [-0.2, 0) is 9.53 Å². The summed E-state index contributed by atoms with van der Waals surface area (Å²) in [5.41, 5.74) is 6.11. The Bertz CT molecular complexity index is 1120. The van der Waals surface area contributed by atoms with E-state index in [4.69, 9.17) is 22.1 Å². The van der Waals surface area contributed by atoms with Gasteiger partial charge in [-0.1, -0.05) is 37.4 Å². The molecule has 3 aromatic rings. The van der Waals surface area contributed by atoms with Gasteiger partial charge in [0.2, 0.25) is 0 Å². The molecule has 8 heteroatoms. The van der Waals surface area contributed by atoms with Crippen LogP contribution in [0.15, 0.2) is 35.1 Å². The number of benzene rings is 2. The number of H-pyrrole nitrogens is 1. The number of hydrogen-bond donors (Lipinski definition) is 2. The molecule has 0 saturated heterocycles. The number of nitrogens with two attached hydrogens (primary N) is 1. The van der Waals surface area contributed by atoms with Crippen LogP contribution in [0.25, 0.3) is 21.8 Å². The second-order valence-electron chi connectivity index (χ2n) is 6.58. The number of carbonyl (C=O) groups is 2. The first kappa shape index (κ1) is 23.2. The lowest BCUT2D eigenvalue weighted by Gasteiger charge is -2.10. The lowest BCUT2D eigenvalue weighted by Crippen LogP contribution is -2.14. The maximum atomic E-state index is 12.6. The van der Waals surface area contributed by atoms with Crippen molar-refractivity contribution in [2.24, 2.45) is 5.73 Å². The first-order chi connectivity index (χ1) is 14.3. The van der Waals surface area contributed by atoms with Gasteiger partial charge in [0.15, 0.2) is 5.43 Å². The van der Waals surface area contributed by atoms with Gasteiger partial charge in [0, 0.05) is 11.8 Å². The van der Waals surface area contributed by atoms with Crippen molar-refractivity contribution in [2.45, 2.75) is 32.6 Å². The number of aromatic amines is 1. The Kier molecular flexibility index (Phi) is 8.24. The maximum absolute atomic E-state index is 12.6. The molecule has 1 aromatic heterocycles. The highest BCUT2D eigenvalue weighted by molar-refractivity contribution is 6.36. The van der Waals surface area contributed by atoms with Gasteiger partial charge >= 0.3 is 5.97 Å². The normalized spacial score (nSPS) is 10.4. The fourth-order valence-corrected chi connectivity index (χ4v) is 3.28. The number of primary amides is 1. The van der Waals surface area contributed by atoms with Crippen LogP contribution >= 0.6 is 11.6 Å². The summed E-state index contributed by atoms with van der Waals surface area (Å²) in [6.07, 6.45) is 3.81. The highest BCUT2D eigenvalue weighted by Crippen LogP contribution is 2.28. The van der Waals surface area contributed by atoms with Crippen LogP contribution in [0.2, 0.25) is 5.02 Å². The molecule has 0 aliphatic heterocycles. The van der Waals surface area contributed by atoms with Crippen LogP contribution in [0.3, 0.4) is 0 Å². The van der Waals surface area contributed by atoms with Crippen LogP contribution in [0, 0.1) is 0 Å². The molecule has 0 unspecified atom stereocenters. The minimum absolute atomic E-state index is 0.0940. The number of rotatable bonds is 6. The number of halogens is 1. The number of esters is 1. The van der Waals surface area contributed by atoms with Gasteiger partial charge in [-0.2, -0.15) is 0 Å². The van der Waals surface area contributed by atoms with E-state index in [0.717, 1.165) is 19.3 Å². The van der Waals surface area contributed by atoms with E-state index in [0.29, 0.717) is 28.6 Å². The lowest BCUT2D eigenvalue weighted by atomic mass is 10.1. The molecule has 0 aliphatic rings. The molecule has 0 radical (unpaired) electrons. The van der Waals surface area contributed by atoms with Crippen LogP contribution in [0.4, 0.5) is 0 Å². The Balaban J connectivity index is 0.000000303. The van der Waals surface area contributed by atoms with Gasteiger partial charge in [-0.3, -0.25) is 14.4 Å². The number of aromatic nitrogens is 1. The molecule has 7 nitrogen and oxygen atoms in total. The fraction of sp³-hybridized carbons (Fsp3) is 0.318. The Morgan fingerprint density at radius 3 is 2.43 bits per heavy atom. The van der Waals surface area contributed by atoms with E-state index in [-0.39, 0.29) is 27.4 Å². The molecule has 1 heterocycles. The predicted molar refractivity (Wildman–Crippen MR) is 118 cm³/mol. The van der Waals surface area contributed by atoms with E-state index in [2.05, 4.69) is 16.6 Å². The minimum Gasteiger partial charge on any atom is -0.495 e. The molecular formula is C22H25ClN2O5. The zero-order chi connectivity index (χ0) is 22.3. The van der Waals surface area contributed by atoms with Crippen LogP contribution in [-0.4, -0.2) is 31.1 Å². The quantitative estimate of drug-likeness (QED) is 0.344. The van der Waals surface area contributed by atoms with Crippen molar-refractivity contribution in [1.29, 1.82) is 0 Å². The highest BCUT2D eigenvalue weighted by atomic mass is 35.5. The second kappa shape index (κ2) is 10.6. The van der Waals surface area contributed by atoms with Gasteiger partial charge in [0.05, 0.1) is 41.2 Å². The van der Waals surface area contributed by atoms with E-state index in [1.165, 1.54) is 26.4 Å². The van der Waals surface area contributed by atoms with Gasteiger partial charge in [-0.05, 0) is 30.7 Å². The number of nitrogens with one attached hydrogen (secondary N) is 1. The number of fused-ring (bicyclic) bond motifs is 2. The average Bonchev–Trinajstić information content (AvgIpc) is 2.73. The Morgan fingerprint density at radius 1 is 1.10 bits per heavy atom. The number of pyridine rings is 1. The SMILES string of the molecule is CCCCCC(=O)OC.COc1cccc2c(=O)c3c(Cl)ccc(C(N)=O)c3[nH]c12. The Labute approximate surface area is 179 Å². The van der Waals surface area contributed by atoms with Gasteiger partial charge in [-0.25, -0.2) is 0 Å². The molecule has 3 N–H and O–H groups in total. The third-order valence-electron chi connectivity index (χ3n) is 4.60. The molecule has 0 spiro atoms. The van der Waals surface area contributed by atoms with E-state index in [9.17, 15) is 14.4 Å². The fourth-order valence-electron chi connectivity index (χ4n) is 3.03. The summed E-state index contributed by atoms with van der Waals surface area (Å²) in [6.45, 7) is 2.11. The van der Waals surface area contributed by atoms with Crippen molar-refractivity contribution < 1.29 is 19.1 Å². The van der Waals surface area contributed by atoms with Gasteiger partial charge in [0.25, 0.3) is 5.91 Å². The van der Waals surface area contributed by atoms with E-state index < -0.39 is 5.91 Å². The summed E-state index contributed by atoms with van der Waals surface area (Å²) in [7, 11) is 2.93. The van der Waals surface area contributed by atoms with Crippen molar-refractivity contribution in [1.82, 2.24) is 4.98 Å². The first-order valence-corrected chi connectivity index (χ1v) is 9.91. The monoisotopic (exact) mass is 432 g/mol. The first-order valence-electron chi connectivity index (χ1n) is 9.53. The third-order valence-corrected chi connectivity index (χ3v) is 4.91. The zero-order valence-corrected chi connectivity index (χ0v) is 18.0. The standard InChI is InChI=1S/C15H11ClN2O3.C7H14O2/c1-21-10-4-2-3-7-12(10)18-13-8(15(17)20)5-6-9(16)11(13)14(7)19;1-3-4-5-6-7(8)9-2/h2-6H,1H3,(H2,17,20)(H,18,19);3-6H2,1-2H3. The molecule has 160 valence electrons. The molecule has 2 aromatic carbocycles. The number of para-hydroxylation sites is 1. The van der Waals surface area contributed by atoms with Crippen molar-refractivity contribution in [2.75, 3.05) is 14.2 Å².